The molecule has 7 heteroatoms. The van der Waals surface area contributed by atoms with Gasteiger partial charge in [-0.05, 0) is 43.6 Å². The fraction of sp³-hybridized carbons (Fsp3) is 0.571. The molecule has 0 saturated heterocycles. The van der Waals surface area contributed by atoms with Gasteiger partial charge < -0.3 is 5.32 Å². The lowest BCUT2D eigenvalue weighted by Crippen LogP contribution is -2.35. The van der Waals surface area contributed by atoms with Crippen molar-refractivity contribution < 1.29 is 4.79 Å². The van der Waals surface area contributed by atoms with Gasteiger partial charge in [0, 0.05) is 17.5 Å². The van der Waals surface area contributed by atoms with E-state index >= 15 is 0 Å². The molecule has 1 aliphatic rings. The Balaban J connectivity index is 1.91. The van der Waals surface area contributed by atoms with Crippen molar-refractivity contribution in [3.8, 4) is 0 Å². The Hall–Kier alpha value is -1.60. The molecule has 1 aliphatic carbocycles. The third-order valence-electron chi connectivity index (χ3n) is 5.37. The minimum absolute atomic E-state index is 0.000135. The topological polar surface area (TPSA) is 64.0 Å². The number of thiophene rings is 1. The summed E-state index contributed by atoms with van der Waals surface area (Å²) in [4.78, 5) is 32.4. The number of aryl methyl sites for hydroxylation is 1. The number of carbonyl (C=O) groups is 1. The zero-order chi connectivity index (χ0) is 20.3. The third-order valence-corrected chi connectivity index (χ3v) is 7.50. The molecule has 2 aromatic rings. The summed E-state index contributed by atoms with van der Waals surface area (Å²) in [7, 11) is 0. The molecule has 2 aromatic heterocycles. The van der Waals surface area contributed by atoms with Crippen LogP contribution in [0.5, 0.6) is 0 Å². The summed E-state index contributed by atoms with van der Waals surface area (Å²) < 4.78 is 1.66. The molecular formula is C21H29N3O2S2. The van der Waals surface area contributed by atoms with Crippen molar-refractivity contribution >= 4 is 39.2 Å². The summed E-state index contributed by atoms with van der Waals surface area (Å²) in [6, 6.07) is 0.199. The van der Waals surface area contributed by atoms with E-state index < -0.39 is 0 Å². The van der Waals surface area contributed by atoms with Gasteiger partial charge in [0.2, 0.25) is 5.91 Å². The van der Waals surface area contributed by atoms with Crippen molar-refractivity contribution in [2.75, 3.05) is 5.75 Å². The van der Waals surface area contributed by atoms with Gasteiger partial charge in [-0.3, -0.25) is 14.2 Å². The highest BCUT2D eigenvalue weighted by molar-refractivity contribution is 7.99. The molecule has 0 saturated carbocycles. The van der Waals surface area contributed by atoms with Crippen molar-refractivity contribution in [2.45, 2.75) is 70.6 Å². The standard InChI is InChI=1S/C21H29N3O2S2/c1-5-10-24-20(26)18-15-9-8-13(4)11-16(15)28-19(18)23-21(24)27-12-17(25)22-14(6-2)7-3/h5,13-14H,1,6-12H2,2-4H3,(H,22,25)/t13-/m1/s1. The smallest absolute Gasteiger partial charge is 0.263 e. The van der Waals surface area contributed by atoms with Gasteiger partial charge in [0.1, 0.15) is 4.83 Å². The third kappa shape index (κ3) is 4.35. The van der Waals surface area contributed by atoms with Gasteiger partial charge in [-0.2, -0.15) is 0 Å². The summed E-state index contributed by atoms with van der Waals surface area (Å²) in [6.45, 7) is 10.6. The fourth-order valence-corrected chi connectivity index (χ4v) is 5.94. The largest absolute Gasteiger partial charge is 0.353 e. The molecule has 28 heavy (non-hydrogen) atoms. The molecule has 0 spiro atoms. The minimum atomic E-state index is -0.0162. The Morgan fingerprint density at radius 1 is 1.46 bits per heavy atom. The number of nitrogens with one attached hydrogen (secondary N) is 1. The van der Waals surface area contributed by atoms with Crippen LogP contribution in [-0.4, -0.2) is 27.3 Å². The predicted molar refractivity (Wildman–Crippen MR) is 119 cm³/mol. The number of allylic oxidation sites excluding steroid dienone is 1. The molecule has 1 N–H and O–H groups in total. The van der Waals surface area contributed by atoms with E-state index in [1.165, 1.54) is 22.2 Å². The zero-order valence-electron chi connectivity index (χ0n) is 16.9. The van der Waals surface area contributed by atoms with Crippen molar-refractivity contribution in [3.63, 3.8) is 0 Å². The summed E-state index contributed by atoms with van der Waals surface area (Å²) in [5, 5.41) is 4.42. The first-order chi connectivity index (χ1) is 13.5. The second-order valence-corrected chi connectivity index (χ2v) is 9.53. The molecule has 0 radical (unpaired) electrons. The summed E-state index contributed by atoms with van der Waals surface area (Å²) in [5.74, 6) is 0.893. The van der Waals surface area contributed by atoms with E-state index in [1.54, 1.807) is 22.0 Å². The number of hydrogen-bond donors (Lipinski definition) is 1. The van der Waals surface area contributed by atoms with Gasteiger partial charge >= 0.3 is 0 Å². The number of amides is 1. The molecule has 5 nitrogen and oxygen atoms in total. The van der Waals surface area contributed by atoms with Crippen LogP contribution in [0.15, 0.2) is 22.6 Å². The maximum atomic E-state index is 13.2. The van der Waals surface area contributed by atoms with E-state index in [1.807, 2.05) is 0 Å². The highest BCUT2D eigenvalue weighted by atomic mass is 32.2. The zero-order valence-corrected chi connectivity index (χ0v) is 18.5. The number of rotatable bonds is 8. The average Bonchev–Trinajstić information content (AvgIpc) is 3.04. The number of nitrogens with zero attached hydrogens (tertiary/aromatic N) is 2. The van der Waals surface area contributed by atoms with E-state index in [-0.39, 0.29) is 23.3 Å². The highest BCUT2D eigenvalue weighted by Gasteiger charge is 2.24. The van der Waals surface area contributed by atoms with E-state index in [0.717, 1.165) is 42.3 Å². The Bertz CT molecular complexity index is 928. The van der Waals surface area contributed by atoms with Gasteiger partial charge in [-0.1, -0.05) is 38.6 Å². The Morgan fingerprint density at radius 3 is 2.89 bits per heavy atom. The molecule has 0 unspecified atom stereocenters. The second-order valence-electron chi connectivity index (χ2n) is 7.50. The molecule has 152 valence electrons. The number of hydrogen-bond acceptors (Lipinski definition) is 5. The summed E-state index contributed by atoms with van der Waals surface area (Å²) in [5.41, 5.74) is 1.19. The van der Waals surface area contributed by atoms with Crippen molar-refractivity contribution in [2.24, 2.45) is 5.92 Å². The van der Waals surface area contributed by atoms with Crippen LogP contribution in [0.1, 0.15) is 50.5 Å². The first-order valence-corrected chi connectivity index (χ1v) is 11.9. The molecule has 0 aromatic carbocycles. The number of aromatic nitrogens is 2. The molecular weight excluding hydrogens is 390 g/mol. The van der Waals surface area contributed by atoms with E-state index in [4.69, 9.17) is 4.98 Å². The van der Waals surface area contributed by atoms with Crippen LogP contribution in [-0.2, 0) is 24.2 Å². The predicted octanol–water partition coefficient (Wildman–Crippen LogP) is 4.17. The van der Waals surface area contributed by atoms with Crippen LogP contribution < -0.4 is 10.9 Å². The van der Waals surface area contributed by atoms with Gasteiger partial charge in [-0.25, -0.2) is 4.98 Å². The van der Waals surface area contributed by atoms with Gasteiger partial charge in [0.05, 0.1) is 11.1 Å². The first-order valence-electron chi connectivity index (χ1n) is 10.1. The lowest BCUT2D eigenvalue weighted by molar-refractivity contribution is -0.119. The van der Waals surface area contributed by atoms with E-state index in [2.05, 4.69) is 32.7 Å². The molecule has 1 atom stereocenters. The van der Waals surface area contributed by atoms with Crippen LogP contribution in [0.2, 0.25) is 0 Å². The van der Waals surface area contributed by atoms with Crippen LogP contribution in [0, 0.1) is 5.92 Å². The van der Waals surface area contributed by atoms with Gasteiger partial charge in [-0.15, -0.1) is 17.9 Å². The second kappa shape index (κ2) is 9.27. The lowest BCUT2D eigenvalue weighted by atomic mass is 9.89. The Morgan fingerprint density at radius 2 is 2.21 bits per heavy atom. The van der Waals surface area contributed by atoms with Crippen molar-refractivity contribution in [3.05, 3.63) is 33.4 Å². The normalized spacial score (nSPS) is 16.4. The number of thioether (sulfide) groups is 1. The van der Waals surface area contributed by atoms with Crippen LogP contribution >= 0.6 is 23.1 Å². The fourth-order valence-electron chi connectivity index (χ4n) is 3.70. The highest BCUT2D eigenvalue weighted by Crippen LogP contribution is 2.36. The van der Waals surface area contributed by atoms with Crippen molar-refractivity contribution in [1.29, 1.82) is 0 Å². The van der Waals surface area contributed by atoms with Gasteiger partial charge in [0.25, 0.3) is 5.56 Å². The average molecular weight is 420 g/mol. The lowest BCUT2D eigenvalue weighted by Gasteiger charge is -2.17. The molecule has 1 amide bonds. The SMILES string of the molecule is C=CCn1c(SCC(=O)NC(CC)CC)nc2sc3c(c2c1=O)CC[C@@H](C)C3. The maximum absolute atomic E-state index is 13.2. The number of carbonyl (C=O) groups excluding carboxylic acids is 1. The number of fused-ring (bicyclic) bond motifs is 3. The maximum Gasteiger partial charge on any atom is 0.263 e. The molecule has 2 heterocycles. The molecule has 0 aliphatic heterocycles. The Kier molecular flexibility index (Phi) is 6.99. The molecule has 0 fully saturated rings. The van der Waals surface area contributed by atoms with E-state index in [9.17, 15) is 9.59 Å². The van der Waals surface area contributed by atoms with Crippen molar-refractivity contribution in [1.82, 2.24) is 14.9 Å². The van der Waals surface area contributed by atoms with Crippen LogP contribution in [0.25, 0.3) is 10.2 Å². The minimum Gasteiger partial charge on any atom is -0.353 e. The first kappa shape index (κ1) is 21.1. The monoisotopic (exact) mass is 419 g/mol. The summed E-state index contributed by atoms with van der Waals surface area (Å²) in [6.07, 6.45) is 6.63. The summed E-state index contributed by atoms with van der Waals surface area (Å²) >= 11 is 2.98. The quantitative estimate of drug-likeness (QED) is 0.396. The van der Waals surface area contributed by atoms with E-state index in [0.29, 0.717) is 17.6 Å². The Labute approximate surface area is 174 Å². The molecule has 3 rings (SSSR count). The van der Waals surface area contributed by atoms with Crippen LogP contribution in [0.4, 0.5) is 0 Å². The molecule has 0 bridgehead atoms. The van der Waals surface area contributed by atoms with Crippen LogP contribution in [0.3, 0.4) is 0 Å². The van der Waals surface area contributed by atoms with Gasteiger partial charge in [0.15, 0.2) is 5.16 Å².